The number of amides is 3. The minimum atomic E-state index is -0.487. The molecule has 3 aliphatic rings. The first-order valence-electron chi connectivity index (χ1n) is 13.2. The van der Waals surface area contributed by atoms with Crippen molar-refractivity contribution in [1.29, 1.82) is 0 Å². The van der Waals surface area contributed by atoms with E-state index in [2.05, 4.69) is 11.9 Å². The van der Waals surface area contributed by atoms with Crippen LogP contribution in [-0.2, 0) is 14.4 Å². The molecule has 3 fully saturated rings. The minimum absolute atomic E-state index is 0.0378. The molecule has 0 bridgehead atoms. The first-order chi connectivity index (χ1) is 17.3. The van der Waals surface area contributed by atoms with Crippen molar-refractivity contribution in [3.05, 3.63) is 29.3 Å². The molecule has 0 unspecified atom stereocenters. The molecule has 1 aromatic carbocycles. The Morgan fingerprint density at radius 2 is 1.78 bits per heavy atom. The molecule has 36 heavy (non-hydrogen) atoms. The average Bonchev–Trinajstić information content (AvgIpc) is 3.07. The normalized spacial score (nSPS) is 23.9. The fraction of sp³-hybridized carbons (Fsp3) is 0.667. The summed E-state index contributed by atoms with van der Waals surface area (Å²) in [6.07, 6.45) is 5.32. The van der Waals surface area contributed by atoms with E-state index in [1.807, 2.05) is 21.9 Å². The Kier molecular flexibility index (Phi) is 9.12. The van der Waals surface area contributed by atoms with Gasteiger partial charge in [0.2, 0.25) is 17.7 Å². The van der Waals surface area contributed by atoms with Crippen LogP contribution >= 0.6 is 11.6 Å². The Morgan fingerprint density at radius 3 is 2.56 bits per heavy atom. The van der Waals surface area contributed by atoms with Crippen LogP contribution in [0.3, 0.4) is 0 Å². The molecule has 1 aromatic rings. The van der Waals surface area contributed by atoms with Crippen molar-refractivity contribution >= 4 is 29.3 Å². The summed E-state index contributed by atoms with van der Waals surface area (Å²) < 4.78 is 6.18. The van der Waals surface area contributed by atoms with E-state index in [1.54, 1.807) is 17.0 Å². The number of hydrogen-bond acceptors (Lipinski definition) is 5. The number of ether oxygens (including phenoxy) is 1. The number of piperazine rings is 1. The topological polar surface area (TPSA) is 73.4 Å². The van der Waals surface area contributed by atoms with Gasteiger partial charge in [0.25, 0.3) is 0 Å². The first-order valence-corrected chi connectivity index (χ1v) is 13.6. The SMILES string of the molecule is CN1CCN(C(=O)C[C@@]2(COc3cccc(Cl)c3)CCCN(C(=O)CN3CCCCCC3=O)C2)CC1. The first kappa shape index (κ1) is 26.7. The Morgan fingerprint density at radius 1 is 0.972 bits per heavy atom. The van der Waals surface area contributed by atoms with Gasteiger partial charge in [-0.3, -0.25) is 14.4 Å². The van der Waals surface area contributed by atoms with E-state index in [0.29, 0.717) is 49.9 Å². The second-order valence-corrected chi connectivity index (χ2v) is 11.1. The number of carbonyl (C=O) groups excluding carboxylic acids is 3. The number of hydrogen-bond donors (Lipinski definition) is 0. The van der Waals surface area contributed by atoms with Crippen LogP contribution in [0, 0.1) is 5.41 Å². The van der Waals surface area contributed by atoms with E-state index in [4.69, 9.17) is 16.3 Å². The molecule has 0 aliphatic carbocycles. The maximum atomic E-state index is 13.4. The molecule has 0 radical (unpaired) electrons. The number of likely N-dealkylation sites (tertiary alicyclic amines) is 2. The van der Waals surface area contributed by atoms with Crippen LogP contribution in [0.1, 0.15) is 44.9 Å². The number of rotatable bonds is 7. The van der Waals surface area contributed by atoms with Crippen molar-refractivity contribution in [2.75, 3.05) is 66.0 Å². The Balaban J connectivity index is 1.46. The molecule has 1 atom stereocenters. The highest BCUT2D eigenvalue weighted by Crippen LogP contribution is 2.36. The van der Waals surface area contributed by atoms with Crippen LogP contribution < -0.4 is 4.74 Å². The van der Waals surface area contributed by atoms with Crippen molar-refractivity contribution in [3.8, 4) is 5.75 Å². The fourth-order valence-corrected chi connectivity index (χ4v) is 5.66. The molecule has 0 N–H and O–H groups in total. The Hall–Kier alpha value is -2.32. The number of likely N-dealkylation sites (N-methyl/N-ethyl adjacent to an activating group) is 1. The largest absolute Gasteiger partial charge is 0.493 e. The lowest BCUT2D eigenvalue weighted by Crippen LogP contribution is -2.54. The molecule has 9 heteroatoms. The van der Waals surface area contributed by atoms with Crippen LogP contribution in [0.4, 0.5) is 0 Å². The zero-order chi connectivity index (χ0) is 25.5. The van der Waals surface area contributed by atoms with E-state index < -0.39 is 5.41 Å². The number of piperidine rings is 1. The Labute approximate surface area is 219 Å². The van der Waals surface area contributed by atoms with E-state index in [9.17, 15) is 14.4 Å². The summed E-state index contributed by atoms with van der Waals surface area (Å²) in [5.74, 6) is 0.810. The van der Waals surface area contributed by atoms with Crippen molar-refractivity contribution < 1.29 is 19.1 Å². The summed E-state index contributed by atoms with van der Waals surface area (Å²) in [5, 5.41) is 0.595. The lowest BCUT2D eigenvalue weighted by Gasteiger charge is -2.44. The van der Waals surface area contributed by atoms with Gasteiger partial charge >= 0.3 is 0 Å². The van der Waals surface area contributed by atoms with Gasteiger partial charge < -0.3 is 24.3 Å². The highest BCUT2D eigenvalue weighted by atomic mass is 35.5. The van der Waals surface area contributed by atoms with Crippen LogP contribution in [0.15, 0.2) is 24.3 Å². The number of benzene rings is 1. The van der Waals surface area contributed by atoms with Gasteiger partial charge in [0.1, 0.15) is 5.75 Å². The second kappa shape index (κ2) is 12.3. The maximum Gasteiger partial charge on any atom is 0.242 e. The standard InChI is InChI=1S/C27H39ClN4O4/c1-29-13-15-30(16-14-29)25(34)18-27(21-36-23-8-5-7-22(28)17-23)10-6-12-32(20-27)26(35)19-31-11-4-2-3-9-24(31)33/h5,7-8,17H,2-4,6,9-16,18-21H2,1H3/t27-/m0/s1. The zero-order valence-electron chi connectivity index (χ0n) is 21.4. The Bertz CT molecular complexity index is 936. The summed E-state index contributed by atoms with van der Waals surface area (Å²) in [5.41, 5.74) is -0.487. The maximum absolute atomic E-state index is 13.4. The molecule has 8 nitrogen and oxygen atoms in total. The third-order valence-corrected chi connectivity index (χ3v) is 7.97. The minimum Gasteiger partial charge on any atom is -0.493 e. The number of halogens is 1. The summed E-state index contributed by atoms with van der Waals surface area (Å²) >= 11 is 6.15. The number of carbonyl (C=O) groups is 3. The van der Waals surface area contributed by atoms with E-state index in [1.165, 1.54) is 0 Å². The van der Waals surface area contributed by atoms with Crippen molar-refractivity contribution in [3.63, 3.8) is 0 Å². The molecular weight excluding hydrogens is 480 g/mol. The highest BCUT2D eigenvalue weighted by Gasteiger charge is 2.41. The molecule has 0 saturated carbocycles. The quantitative estimate of drug-likeness (QED) is 0.555. The molecule has 3 aliphatic heterocycles. The van der Waals surface area contributed by atoms with Crippen LogP contribution in [-0.4, -0.2) is 103 Å². The predicted molar refractivity (Wildman–Crippen MR) is 139 cm³/mol. The average molecular weight is 519 g/mol. The monoisotopic (exact) mass is 518 g/mol. The molecule has 198 valence electrons. The van der Waals surface area contributed by atoms with Crippen LogP contribution in [0.5, 0.6) is 5.75 Å². The van der Waals surface area contributed by atoms with Crippen molar-refractivity contribution in [2.24, 2.45) is 5.41 Å². The fourth-order valence-electron chi connectivity index (χ4n) is 5.48. The van der Waals surface area contributed by atoms with E-state index in [0.717, 1.165) is 58.3 Å². The van der Waals surface area contributed by atoms with Crippen molar-refractivity contribution in [1.82, 2.24) is 19.6 Å². The van der Waals surface area contributed by atoms with Gasteiger partial charge in [0.15, 0.2) is 0 Å². The van der Waals surface area contributed by atoms with Gasteiger partial charge in [-0.15, -0.1) is 0 Å². The highest BCUT2D eigenvalue weighted by molar-refractivity contribution is 6.30. The lowest BCUT2D eigenvalue weighted by atomic mass is 9.77. The molecular formula is C27H39ClN4O4. The summed E-state index contributed by atoms with van der Waals surface area (Å²) in [6, 6.07) is 7.27. The molecule has 3 heterocycles. The second-order valence-electron chi connectivity index (χ2n) is 10.7. The molecule has 3 saturated heterocycles. The predicted octanol–water partition coefficient (Wildman–Crippen LogP) is 2.89. The molecule has 4 rings (SSSR count). The summed E-state index contributed by atoms with van der Waals surface area (Å²) in [6.45, 7) is 5.37. The summed E-state index contributed by atoms with van der Waals surface area (Å²) in [7, 11) is 2.07. The third kappa shape index (κ3) is 7.13. The van der Waals surface area contributed by atoms with Crippen LogP contribution in [0.25, 0.3) is 0 Å². The van der Waals surface area contributed by atoms with Gasteiger partial charge in [-0.05, 0) is 50.9 Å². The van der Waals surface area contributed by atoms with Gasteiger partial charge in [0, 0.05) is 69.1 Å². The van der Waals surface area contributed by atoms with Gasteiger partial charge in [0.05, 0.1) is 13.2 Å². The van der Waals surface area contributed by atoms with Gasteiger partial charge in [-0.2, -0.15) is 0 Å². The summed E-state index contributed by atoms with van der Waals surface area (Å²) in [4.78, 5) is 46.9. The van der Waals surface area contributed by atoms with E-state index >= 15 is 0 Å². The number of nitrogens with zero attached hydrogens (tertiary/aromatic N) is 4. The zero-order valence-corrected chi connectivity index (χ0v) is 22.2. The van der Waals surface area contributed by atoms with Gasteiger partial charge in [-0.25, -0.2) is 0 Å². The van der Waals surface area contributed by atoms with Crippen molar-refractivity contribution in [2.45, 2.75) is 44.9 Å². The molecule has 0 spiro atoms. The third-order valence-electron chi connectivity index (χ3n) is 7.73. The molecule has 3 amide bonds. The lowest BCUT2D eigenvalue weighted by molar-refractivity contribution is -0.145. The van der Waals surface area contributed by atoms with Crippen LogP contribution in [0.2, 0.25) is 5.02 Å². The van der Waals surface area contributed by atoms with E-state index in [-0.39, 0.29) is 24.3 Å². The smallest absolute Gasteiger partial charge is 0.242 e. The van der Waals surface area contributed by atoms with Gasteiger partial charge in [-0.1, -0.05) is 24.1 Å². The molecule has 0 aromatic heterocycles.